The Balaban J connectivity index is 0.00000243. The zero-order chi connectivity index (χ0) is 17.8. The number of benzene rings is 1. The fraction of sp³-hybridized carbons (Fsp3) is 0.333. The molecular weight excluding hydrogens is 358 g/mol. The van der Waals surface area contributed by atoms with Crippen molar-refractivity contribution in [1.29, 1.82) is 0 Å². The predicted molar refractivity (Wildman–Crippen MR) is 99.8 cm³/mol. The number of halogens is 1. The molecule has 0 saturated carbocycles. The Morgan fingerprint density at radius 2 is 2.08 bits per heavy atom. The van der Waals surface area contributed by atoms with Crippen LogP contribution in [-0.2, 0) is 0 Å². The molecule has 2 amide bonds. The molecule has 2 unspecified atom stereocenters. The highest BCUT2D eigenvalue weighted by Gasteiger charge is 2.25. The lowest BCUT2D eigenvalue weighted by molar-refractivity contribution is 0.0925. The fourth-order valence-electron chi connectivity index (χ4n) is 2.74. The summed E-state index contributed by atoms with van der Waals surface area (Å²) in [4.78, 5) is 24.4. The number of aliphatic hydroxyl groups is 1. The van der Waals surface area contributed by atoms with E-state index in [1.165, 1.54) is 6.26 Å². The fourth-order valence-corrected chi connectivity index (χ4v) is 2.74. The third kappa shape index (κ3) is 4.63. The molecule has 1 aromatic heterocycles. The Hall–Kier alpha value is -2.35. The number of aryl methyl sites for hydroxylation is 1. The minimum Gasteiger partial charge on any atom is -0.459 e. The molecule has 1 aliphatic heterocycles. The maximum atomic E-state index is 12.3. The average Bonchev–Trinajstić information content (AvgIpc) is 3.26. The van der Waals surface area contributed by atoms with Gasteiger partial charge in [-0.15, -0.1) is 12.4 Å². The first-order valence-electron chi connectivity index (χ1n) is 8.17. The average molecular weight is 380 g/mol. The molecule has 4 N–H and O–H groups in total. The van der Waals surface area contributed by atoms with Crippen LogP contribution in [0.2, 0.25) is 0 Å². The summed E-state index contributed by atoms with van der Waals surface area (Å²) in [5.41, 5.74) is 1.84. The molecule has 0 spiro atoms. The third-order valence-electron chi connectivity index (χ3n) is 4.32. The highest BCUT2D eigenvalue weighted by Crippen LogP contribution is 2.18. The van der Waals surface area contributed by atoms with Crippen molar-refractivity contribution in [3.05, 3.63) is 53.5 Å². The first-order valence-corrected chi connectivity index (χ1v) is 8.17. The lowest BCUT2D eigenvalue weighted by Gasteiger charge is -2.15. The molecule has 26 heavy (non-hydrogen) atoms. The van der Waals surface area contributed by atoms with E-state index >= 15 is 0 Å². The number of amides is 2. The number of anilines is 1. The molecule has 1 aromatic carbocycles. The SMILES string of the molecule is Cc1ccc(C(=O)NCC2CNCC2O)cc1NC(=O)c1ccco1.Cl. The van der Waals surface area contributed by atoms with Crippen molar-refractivity contribution >= 4 is 29.9 Å². The van der Waals surface area contributed by atoms with Crippen LogP contribution in [0.1, 0.15) is 26.5 Å². The molecule has 8 heteroatoms. The van der Waals surface area contributed by atoms with Gasteiger partial charge in [-0.05, 0) is 36.8 Å². The molecule has 2 atom stereocenters. The van der Waals surface area contributed by atoms with E-state index in [0.29, 0.717) is 30.9 Å². The Bertz CT molecular complexity index is 764. The molecule has 0 bridgehead atoms. The third-order valence-corrected chi connectivity index (χ3v) is 4.32. The number of carbonyl (C=O) groups excluding carboxylic acids is 2. The van der Waals surface area contributed by atoms with Crippen molar-refractivity contribution in [2.45, 2.75) is 13.0 Å². The topological polar surface area (TPSA) is 104 Å². The van der Waals surface area contributed by atoms with Gasteiger partial charge in [-0.2, -0.15) is 0 Å². The van der Waals surface area contributed by atoms with E-state index in [1.54, 1.807) is 30.3 Å². The standard InChI is InChI=1S/C18H21N3O4.ClH/c1-11-4-5-12(17(23)20-9-13-8-19-10-15(13)22)7-14(11)21-18(24)16-3-2-6-25-16;/h2-7,13,15,19,22H,8-10H2,1H3,(H,20,23)(H,21,24);1H. The summed E-state index contributed by atoms with van der Waals surface area (Å²) < 4.78 is 5.07. The normalized spacial score (nSPS) is 18.8. The van der Waals surface area contributed by atoms with Crippen molar-refractivity contribution in [3.8, 4) is 0 Å². The van der Waals surface area contributed by atoms with E-state index in [0.717, 1.165) is 5.56 Å². The number of β-amino-alcohol motifs (C(OH)–C–C–N with tert-alkyl or cyclic N) is 1. The van der Waals surface area contributed by atoms with Gasteiger partial charge >= 0.3 is 0 Å². The summed E-state index contributed by atoms with van der Waals surface area (Å²) in [6.45, 7) is 3.47. The first kappa shape index (κ1) is 20.0. The van der Waals surface area contributed by atoms with Crippen LogP contribution in [0.25, 0.3) is 0 Å². The Morgan fingerprint density at radius 1 is 1.27 bits per heavy atom. The summed E-state index contributed by atoms with van der Waals surface area (Å²) in [7, 11) is 0. The number of furan rings is 1. The van der Waals surface area contributed by atoms with Gasteiger partial charge in [0.15, 0.2) is 5.76 Å². The summed E-state index contributed by atoms with van der Waals surface area (Å²) in [5, 5.41) is 18.4. The number of carbonyl (C=O) groups is 2. The van der Waals surface area contributed by atoms with E-state index in [9.17, 15) is 14.7 Å². The second kappa shape index (κ2) is 8.84. The summed E-state index contributed by atoms with van der Waals surface area (Å²) in [6.07, 6.45) is 0.985. The van der Waals surface area contributed by atoms with Gasteiger partial charge in [0.25, 0.3) is 11.8 Å². The number of hydrogen-bond donors (Lipinski definition) is 4. The van der Waals surface area contributed by atoms with Crippen LogP contribution in [0.4, 0.5) is 5.69 Å². The lowest BCUT2D eigenvalue weighted by atomic mass is 10.1. The van der Waals surface area contributed by atoms with Crippen molar-refractivity contribution in [1.82, 2.24) is 10.6 Å². The van der Waals surface area contributed by atoms with Gasteiger partial charge in [-0.1, -0.05) is 6.07 Å². The van der Waals surface area contributed by atoms with Crippen LogP contribution in [0.15, 0.2) is 41.0 Å². The molecule has 2 heterocycles. The molecule has 1 fully saturated rings. The Labute approximate surface area is 157 Å². The van der Waals surface area contributed by atoms with Gasteiger partial charge < -0.3 is 25.5 Å². The highest BCUT2D eigenvalue weighted by molar-refractivity contribution is 6.03. The number of aliphatic hydroxyl groups excluding tert-OH is 1. The van der Waals surface area contributed by atoms with Crippen molar-refractivity contribution < 1.29 is 19.1 Å². The molecule has 3 rings (SSSR count). The second-order valence-electron chi connectivity index (χ2n) is 6.16. The number of nitrogens with one attached hydrogen (secondary N) is 3. The Morgan fingerprint density at radius 3 is 2.73 bits per heavy atom. The minimum atomic E-state index is -0.443. The van der Waals surface area contributed by atoms with E-state index in [4.69, 9.17) is 4.42 Å². The first-order chi connectivity index (χ1) is 12.0. The van der Waals surface area contributed by atoms with Crippen molar-refractivity contribution in [2.75, 3.05) is 25.0 Å². The van der Waals surface area contributed by atoms with Crippen LogP contribution < -0.4 is 16.0 Å². The van der Waals surface area contributed by atoms with Gasteiger partial charge in [0, 0.05) is 36.8 Å². The number of rotatable bonds is 5. The molecule has 2 aromatic rings. The quantitative estimate of drug-likeness (QED) is 0.631. The van der Waals surface area contributed by atoms with Crippen LogP contribution in [0.3, 0.4) is 0 Å². The number of hydrogen-bond acceptors (Lipinski definition) is 5. The van der Waals surface area contributed by atoms with Crippen LogP contribution in [-0.4, -0.2) is 42.7 Å². The van der Waals surface area contributed by atoms with Crippen LogP contribution in [0.5, 0.6) is 0 Å². The molecule has 140 valence electrons. The summed E-state index contributed by atoms with van der Waals surface area (Å²) in [5.74, 6) is -0.400. The van der Waals surface area contributed by atoms with Gasteiger partial charge in [0.05, 0.1) is 12.4 Å². The van der Waals surface area contributed by atoms with Gasteiger partial charge in [0.1, 0.15) is 0 Å². The van der Waals surface area contributed by atoms with E-state index in [2.05, 4.69) is 16.0 Å². The highest BCUT2D eigenvalue weighted by atomic mass is 35.5. The largest absolute Gasteiger partial charge is 0.459 e. The molecule has 0 aliphatic carbocycles. The molecule has 1 aliphatic rings. The predicted octanol–water partition coefficient (Wildman–Crippen LogP) is 1.57. The van der Waals surface area contributed by atoms with Crippen LogP contribution in [0, 0.1) is 12.8 Å². The van der Waals surface area contributed by atoms with Crippen molar-refractivity contribution in [2.24, 2.45) is 5.92 Å². The molecule has 7 nitrogen and oxygen atoms in total. The Kier molecular flexibility index (Phi) is 6.79. The smallest absolute Gasteiger partial charge is 0.291 e. The zero-order valence-corrected chi connectivity index (χ0v) is 15.1. The van der Waals surface area contributed by atoms with E-state index in [1.807, 2.05) is 6.92 Å². The van der Waals surface area contributed by atoms with Gasteiger partial charge in [-0.3, -0.25) is 9.59 Å². The molecule has 0 radical (unpaired) electrons. The second-order valence-corrected chi connectivity index (χ2v) is 6.16. The molecular formula is C18H22ClN3O4. The lowest BCUT2D eigenvalue weighted by Crippen LogP contribution is -2.34. The van der Waals surface area contributed by atoms with Gasteiger partial charge in [-0.25, -0.2) is 0 Å². The van der Waals surface area contributed by atoms with E-state index < -0.39 is 6.10 Å². The maximum absolute atomic E-state index is 12.3. The van der Waals surface area contributed by atoms with Crippen molar-refractivity contribution in [3.63, 3.8) is 0 Å². The minimum absolute atomic E-state index is 0. The van der Waals surface area contributed by atoms with Crippen LogP contribution >= 0.6 is 12.4 Å². The maximum Gasteiger partial charge on any atom is 0.291 e. The molecule has 1 saturated heterocycles. The van der Waals surface area contributed by atoms with E-state index in [-0.39, 0.29) is 35.9 Å². The zero-order valence-electron chi connectivity index (χ0n) is 14.3. The van der Waals surface area contributed by atoms with Gasteiger partial charge in [0.2, 0.25) is 0 Å². The summed E-state index contributed by atoms with van der Waals surface area (Å²) in [6, 6.07) is 8.32. The summed E-state index contributed by atoms with van der Waals surface area (Å²) >= 11 is 0. The monoisotopic (exact) mass is 379 g/mol.